The molecule has 0 bridgehead atoms. The minimum absolute atomic E-state index is 0.122. The van der Waals surface area contributed by atoms with E-state index in [1.165, 1.54) is 60.1 Å². The van der Waals surface area contributed by atoms with Crippen molar-refractivity contribution in [2.75, 3.05) is 4.90 Å². The van der Waals surface area contributed by atoms with Gasteiger partial charge in [-0.1, -0.05) is 182 Å². The van der Waals surface area contributed by atoms with E-state index < -0.39 is 0 Å². The van der Waals surface area contributed by atoms with Gasteiger partial charge >= 0.3 is 0 Å². The Morgan fingerprint density at radius 3 is 1.90 bits per heavy atom. The van der Waals surface area contributed by atoms with Crippen molar-refractivity contribution in [1.82, 2.24) is 0 Å². The molecule has 282 valence electrons. The van der Waals surface area contributed by atoms with E-state index >= 15 is 0 Å². The number of allylic oxidation sites excluding steroid dienone is 4. The minimum Gasteiger partial charge on any atom is -0.455 e. The van der Waals surface area contributed by atoms with Crippen LogP contribution in [0.5, 0.6) is 0 Å². The molecule has 1 aromatic heterocycles. The lowest BCUT2D eigenvalue weighted by atomic mass is 9.84. The second-order valence-electron chi connectivity index (χ2n) is 15.9. The van der Waals surface area contributed by atoms with Gasteiger partial charge in [-0.3, -0.25) is 0 Å². The highest BCUT2D eigenvalue weighted by Crippen LogP contribution is 2.48. The van der Waals surface area contributed by atoms with Gasteiger partial charge < -0.3 is 9.32 Å². The van der Waals surface area contributed by atoms with Crippen LogP contribution in [0.2, 0.25) is 0 Å². The van der Waals surface area contributed by atoms with Gasteiger partial charge in [0.15, 0.2) is 0 Å². The van der Waals surface area contributed by atoms with E-state index in [1.807, 2.05) is 0 Å². The van der Waals surface area contributed by atoms with Crippen LogP contribution in [0.4, 0.5) is 11.4 Å². The summed E-state index contributed by atoms with van der Waals surface area (Å²) in [5, 5.41) is 12.2. The zero-order chi connectivity index (χ0) is 39.6. The van der Waals surface area contributed by atoms with Crippen molar-refractivity contribution in [3.63, 3.8) is 0 Å². The SMILES string of the molecule is C1=CCC(c2cccc3ccccc23)C(N(c2ccc(-c3cccc4c3ccc3ccccc34)cc2)c2ccccc2-c2cccc3oc4c5ccccc5ccc4c23)=C1. The molecular weight excluding hydrogens is 727 g/mol. The van der Waals surface area contributed by atoms with Crippen molar-refractivity contribution < 1.29 is 4.42 Å². The molecule has 0 radical (unpaired) electrons. The standard InChI is InChI=1S/C58H39NO/c1-4-18-43-38(14-1)17-11-24-48(43)50-21-7-9-27-54(50)59(42-34-30-41(31-35-42)45-23-12-25-47-44-19-5-2-15-39(44)32-36-49(45)47)55-28-10-8-22-51(55)52-26-13-29-56-57(52)53-37-33-40-16-3-6-20-46(40)58(53)60-56/h1-20,22-37,50H,21H2. The third kappa shape index (κ3) is 5.49. The summed E-state index contributed by atoms with van der Waals surface area (Å²) in [6, 6.07) is 73.0. The third-order valence-corrected chi connectivity index (χ3v) is 12.6. The first-order chi connectivity index (χ1) is 29.8. The van der Waals surface area contributed by atoms with Gasteiger partial charge in [0, 0.05) is 39.0 Å². The van der Waals surface area contributed by atoms with E-state index in [0.29, 0.717) is 0 Å². The molecule has 0 saturated carbocycles. The Labute approximate surface area is 348 Å². The Morgan fingerprint density at radius 2 is 1.05 bits per heavy atom. The second-order valence-corrected chi connectivity index (χ2v) is 15.9. The van der Waals surface area contributed by atoms with Crippen molar-refractivity contribution in [1.29, 1.82) is 0 Å². The zero-order valence-corrected chi connectivity index (χ0v) is 32.9. The van der Waals surface area contributed by atoms with Gasteiger partial charge in [-0.05, 0) is 103 Å². The molecule has 60 heavy (non-hydrogen) atoms. The molecule has 10 aromatic carbocycles. The Balaban J connectivity index is 1.07. The molecule has 2 nitrogen and oxygen atoms in total. The number of hydrogen-bond donors (Lipinski definition) is 0. The normalized spacial score (nSPS) is 14.1. The van der Waals surface area contributed by atoms with Crippen LogP contribution in [0.1, 0.15) is 17.9 Å². The van der Waals surface area contributed by atoms with Gasteiger partial charge in [-0.2, -0.15) is 0 Å². The quantitative estimate of drug-likeness (QED) is 0.157. The molecule has 0 amide bonds. The van der Waals surface area contributed by atoms with Gasteiger partial charge in [0.2, 0.25) is 0 Å². The van der Waals surface area contributed by atoms with Crippen LogP contribution in [-0.4, -0.2) is 0 Å². The fourth-order valence-electron chi connectivity index (χ4n) is 9.87. The van der Waals surface area contributed by atoms with Crippen molar-refractivity contribution in [3.8, 4) is 22.3 Å². The van der Waals surface area contributed by atoms with E-state index in [4.69, 9.17) is 4.42 Å². The molecule has 2 heteroatoms. The summed E-state index contributed by atoms with van der Waals surface area (Å²) < 4.78 is 6.72. The molecule has 0 N–H and O–H groups in total. The number of fused-ring (bicyclic) bond motifs is 9. The number of hydrogen-bond acceptors (Lipinski definition) is 2. The number of para-hydroxylation sites is 1. The van der Waals surface area contributed by atoms with Crippen molar-refractivity contribution >= 4 is 76.4 Å². The molecule has 0 saturated heterocycles. The average Bonchev–Trinajstić information content (AvgIpc) is 3.72. The lowest BCUT2D eigenvalue weighted by Gasteiger charge is -2.36. The molecule has 0 aliphatic heterocycles. The zero-order valence-electron chi connectivity index (χ0n) is 32.9. The maximum Gasteiger partial charge on any atom is 0.143 e. The summed E-state index contributed by atoms with van der Waals surface area (Å²) in [7, 11) is 0. The van der Waals surface area contributed by atoms with Gasteiger partial charge in [-0.25, -0.2) is 0 Å². The predicted molar refractivity (Wildman–Crippen MR) is 254 cm³/mol. The lowest BCUT2D eigenvalue weighted by molar-refractivity contribution is 0.673. The summed E-state index contributed by atoms with van der Waals surface area (Å²) >= 11 is 0. The first-order valence-electron chi connectivity index (χ1n) is 20.9. The van der Waals surface area contributed by atoms with Gasteiger partial charge in [-0.15, -0.1) is 0 Å². The highest BCUT2D eigenvalue weighted by atomic mass is 16.3. The molecular formula is C58H39NO. The molecule has 0 spiro atoms. The topological polar surface area (TPSA) is 16.4 Å². The maximum atomic E-state index is 6.72. The van der Waals surface area contributed by atoms with Crippen LogP contribution in [0.3, 0.4) is 0 Å². The van der Waals surface area contributed by atoms with Crippen LogP contribution in [0, 0.1) is 0 Å². The van der Waals surface area contributed by atoms with E-state index in [-0.39, 0.29) is 5.92 Å². The van der Waals surface area contributed by atoms with Gasteiger partial charge in [0.25, 0.3) is 0 Å². The van der Waals surface area contributed by atoms with Crippen LogP contribution in [0.25, 0.3) is 87.3 Å². The third-order valence-electron chi connectivity index (χ3n) is 12.6. The number of benzene rings is 10. The van der Waals surface area contributed by atoms with E-state index in [1.54, 1.807) is 0 Å². The number of furan rings is 1. The van der Waals surface area contributed by atoms with Crippen molar-refractivity contribution in [2.24, 2.45) is 0 Å². The first-order valence-corrected chi connectivity index (χ1v) is 20.9. The van der Waals surface area contributed by atoms with Crippen LogP contribution < -0.4 is 4.90 Å². The van der Waals surface area contributed by atoms with Gasteiger partial charge in [0.1, 0.15) is 11.2 Å². The molecule has 1 unspecified atom stereocenters. The summed E-state index contributed by atoms with van der Waals surface area (Å²) in [5.74, 6) is 0.122. The van der Waals surface area contributed by atoms with E-state index in [2.05, 4.69) is 223 Å². The largest absolute Gasteiger partial charge is 0.455 e. The summed E-state index contributed by atoms with van der Waals surface area (Å²) in [6.07, 6.45) is 7.78. The number of anilines is 2. The predicted octanol–water partition coefficient (Wildman–Crippen LogP) is 16.3. The van der Waals surface area contributed by atoms with Crippen LogP contribution in [-0.2, 0) is 0 Å². The van der Waals surface area contributed by atoms with Crippen LogP contribution in [0.15, 0.2) is 229 Å². The molecule has 12 rings (SSSR count). The number of nitrogens with zero attached hydrogens (tertiary/aromatic N) is 1. The molecule has 1 heterocycles. The molecule has 11 aromatic rings. The van der Waals surface area contributed by atoms with Crippen molar-refractivity contribution in [2.45, 2.75) is 12.3 Å². The maximum absolute atomic E-state index is 6.72. The number of rotatable bonds is 6. The van der Waals surface area contributed by atoms with Crippen molar-refractivity contribution in [3.05, 3.63) is 230 Å². The Kier molecular flexibility index (Phi) is 8.02. The van der Waals surface area contributed by atoms with Gasteiger partial charge in [0.05, 0.1) is 5.69 Å². The fourth-order valence-corrected chi connectivity index (χ4v) is 9.87. The molecule has 1 aliphatic carbocycles. The molecule has 1 aliphatic rings. The van der Waals surface area contributed by atoms with Crippen LogP contribution >= 0.6 is 0 Å². The highest BCUT2D eigenvalue weighted by molar-refractivity contribution is 6.20. The summed E-state index contributed by atoms with van der Waals surface area (Å²) in [4.78, 5) is 2.52. The molecule has 1 atom stereocenters. The Bertz CT molecular complexity index is 3530. The lowest BCUT2D eigenvalue weighted by Crippen LogP contribution is -2.23. The highest BCUT2D eigenvalue weighted by Gasteiger charge is 2.29. The first kappa shape index (κ1) is 34.4. The van der Waals surface area contributed by atoms with E-state index in [0.717, 1.165) is 56.2 Å². The average molecular weight is 766 g/mol. The molecule has 0 fully saturated rings. The van der Waals surface area contributed by atoms with E-state index in [9.17, 15) is 0 Å². The summed E-state index contributed by atoms with van der Waals surface area (Å²) in [6.45, 7) is 0. The Hall–Kier alpha value is -7.68. The summed E-state index contributed by atoms with van der Waals surface area (Å²) in [5.41, 5.74) is 11.3. The fraction of sp³-hybridized carbons (Fsp3) is 0.0345. The minimum atomic E-state index is 0.122. The monoisotopic (exact) mass is 765 g/mol. The second kappa shape index (κ2) is 14.0. The Morgan fingerprint density at radius 1 is 0.433 bits per heavy atom. The smallest absolute Gasteiger partial charge is 0.143 e.